The van der Waals surface area contributed by atoms with Crippen molar-refractivity contribution in [2.75, 3.05) is 19.5 Å². The van der Waals surface area contributed by atoms with Gasteiger partial charge in [0.25, 0.3) is 0 Å². The van der Waals surface area contributed by atoms with Crippen LogP contribution in [0, 0.1) is 11.8 Å². The van der Waals surface area contributed by atoms with Crippen LogP contribution in [-0.4, -0.2) is 20.3 Å². The molecule has 0 bridgehead atoms. The van der Waals surface area contributed by atoms with Crippen LogP contribution in [0.3, 0.4) is 0 Å². The van der Waals surface area contributed by atoms with Gasteiger partial charge in [-0.1, -0.05) is 25.4 Å². The molecule has 0 amide bonds. The summed E-state index contributed by atoms with van der Waals surface area (Å²) in [4.78, 5) is 0. The second-order valence-electron chi connectivity index (χ2n) is 5.95. The number of ether oxygens (including phenoxy) is 2. The van der Waals surface area contributed by atoms with Crippen molar-refractivity contribution >= 4 is 17.3 Å². The average molecular weight is 298 g/mol. The van der Waals surface area contributed by atoms with Gasteiger partial charge in [-0.25, -0.2) is 0 Å². The number of hydrogen-bond acceptors (Lipinski definition) is 3. The number of hydrogen-bond donors (Lipinski definition) is 1. The van der Waals surface area contributed by atoms with Gasteiger partial charge < -0.3 is 14.8 Å². The molecule has 1 aliphatic carbocycles. The molecule has 1 saturated carbocycles. The van der Waals surface area contributed by atoms with E-state index >= 15 is 0 Å². The summed E-state index contributed by atoms with van der Waals surface area (Å²) in [6.07, 6.45) is 3.70. The Kier molecular flexibility index (Phi) is 5.03. The first-order chi connectivity index (χ1) is 9.53. The third-order valence-electron chi connectivity index (χ3n) is 4.01. The summed E-state index contributed by atoms with van der Waals surface area (Å²) in [6, 6.07) is 4.20. The van der Waals surface area contributed by atoms with Crippen LogP contribution in [0.5, 0.6) is 11.5 Å². The van der Waals surface area contributed by atoms with E-state index < -0.39 is 0 Å². The Morgan fingerprint density at radius 1 is 1.00 bits per heavy atom. The monoisotopic (exact) mass is 297 g/mol. The minimum atomic E-state index is 0.479. The normalized spacial score (nSPS) is 26.1. The lowest BCUT2D eigenvalue weighted by Gasteiger charge is -2.33. The maximum atomic E-state index is 6.21. The number of benzene rings is 1. The fourth-order valence-electron chi connectivity index (χ4n) is 3.26. The van der Waals surface area contributed by atoms with Gasteiger partial charge in [-0.2, -0.15) is 0 Å². The van der Waals surface area contributed by atoms with Gasteiger partial charge in [0.1, 0.15) is 11.5 Å². The minimum absolute atomic E-state index is 0.479. The second kappa shape index (κ2) is 6.57. The van der Waals surface area contributed by atoms with Crippen LogP contribution < -0.4 is 14.8 Å². The van der Waals surface area contributed by atoms with Gasteiger partial charge in [-0.05, 0) is 37.2 Å². The van der Waals surface area contributed by atoms with Gasteiger partial charge in [0.15, 0.2) is 0 Å². The summed E-state index contributed by atoms with van der Waals surface area (Å²) in [5.41, 5.74) is 0.949. The second-order valence-corrected chi connectivity index (χ2v) is 6.35. The van der Waals surface area contributed by atoms with Gasteiger partial charge >= 0.3 is 0 Å². The van der Waals surface area contributed by atoms with E-state index in [1.165, 1.54) is 19.3 Å². The molecular formula is C16H24ClNO2. The summed E-state index contributed by atoms with van der Waals surface area (Å²) in [6.45, 7) is 4.64. The highest BCUT2D eigenvalue weighted by atomic mass is 35.5. The number of halogens is 1. The van der Waals surface area contributed by atoms with Crippen molar-refractivity contribution in [3.8, 4) is 11.5 Å². The van der Waals surface area contributed by atoms with Gasteiger partial charge in [0.2, 0.25) is 0 Å². The van der Waals surface area contributed by atoms with Crippen molar-refractivity contribution in [1.29, 1.82) is 0 Å². The highest BCUT2D eigenvalue weighted by Crippen LogP contribution is 2.38. The molecule has 0 aliphatic heterocycles. The number of anilines is 1. The van der Waals surface area contributed by atoms with E-state index in [0.717, 1.165) is 23.3 Å². The molecular weight excluding hydrogens is 274 g/mol. The van der Waals surface area contributed by atoms with Crippen LogP contribution in [0.4, 0.5) is 5.69 Å². The molecule has 1 fully saturated rings. The number of rotatable bonds is 4. The molecule has 3 nitrogen and oxygen atoms in total. The van der Waals surface area contributed by atoms with Crippen LogP contribution in [0.2, 0.25) is 5.02 Å². The summed E-state index contributed by atoms with van der Waals surface area (Å²) >= 11 is 6.21. The van der Waals surface area contributed by atoms with Gasteiger partial charge in [-0.15, -0.1) is 0 Å². The van der Waals surface area contributed by atoms with Crippen molar-refractivity contribution in [1.82, 2.24) is 0 Å². The molecule has 4 heteroatoms. The largest absolute Gasteiger partial charge is 0.495 e. The van der Waals surface area contributed by atoms with Crippen molar-refractivity contribution in [3.63, 3.8) is 0 Å². The summed E-state index contributed by atoms with van der Waals surface area (Å²) in [7, 11) is 3.28. The summed E-state index contributed by atoms with van der Waals surface area (Å²) in [5.74, 6) is 2.93. The highest BCUT2D eigenvalue weighted by Gasteiger charge is 2.24. The molecule has 0 saturated heterocycles. The minimum Gasteiger partial charge on any atom is -0.495 e. The maximum Gasteiger partial charge on any atom is 0.145 e. The zero-order valence-corrected chi connectivity index (χ0v) is 13.5. The van der Waals surface area contributed by atoms with E-state index in [-0.39, 0.29) is 0 Å². The summed E-state index contributed by atoms with van der Waals surface area (Å²) < 4.78 is 10.7. The predicted octanol–water partition coefficient (Wildman–Crippen LogP) is 4.59. The molecule has 1 aromatic carbocycles. The quantitative estimate of drug-likeness (QED) is 0.881. The molecule has 0 radical (unpaired) electrons. The molecule has 0 spiro atoms. The molecule has 2 atom stereocenters. The van der Waals surface area contributed by atoms with Crippen molar-refractivity contribution in [3.05, 3.63) is 17.2 Å². The SMILES string of the molecule is COc1cc(OC)c(NC2CC(C)CC(C)C2)cc1Cl. The zero-order valence-electron chi connectivity index (χ0n) is 12.7. The maximum absolute atomic E-state index is 6.21. The first-order valence-corrected chi connectivity index (χ1v) is 7.59. The molecule has 20 heavy (non-hydrogen) atoms. The van der Waals surface area contributed by atoms with Crippen LogP contribution >= 0.6 is 11.6 Å². The third-order valence-corrected chi connectivity index (χ3v) is 4.31. The Hall–Kier alpha value is -1.09. The van der Waals surface area contributed by atoms with E-state index in [0.29, 0.717) is 16.8 Å². The first kappa shape index (κ1) is 15.3. The molecule has 1 aromatic rings. The predicted molar refractivity (Wildman–Crippen MR) is 84.1 cm³/mol. The lowest BCUT2D eigenvalue weighted by Crippen LogP contribution is -2.30. The van der Waals surface area contributed by atoms with E-state index in [1.807, 2.05) is 12.1 Å². The summed E-state index contributed by atoms with van der Waals surface area (Å²) in [5, 5.41) is 4.19. The van der Waals surface area contributed by atoms with E-state index in [9.17, 15) is 0 Å². The third kappa shape index (κ3) is 3.51. The highest BCUT2D eigenvalue weighted by molar-refractivity contribution is 6.32. The zero-order chi connectivity index (χ0) is 14.7. The molecule has 112 valence electrons. The lowest BCUT2D eigenvalue weighted by molar-refractivity contribution is 0.280. The fourth-order valence-corrected chi connectivity index (χ4v) is 3.50. The molecule has 0 heterocycles. The molecule has 1 N–H and O–H groups in total. The van der Waals surface area contributed by atoms with Crippen molar-refractivity contribution < 1.29 is 9.47 Å². The van der Waals surface area contributed by atoms with Crippen LogP contribution in [0.15, 0.2) is 12.1 Å². The molecule has 1 aliphatic rings. The van der Waals surface area contributed by atoms with E-state index in [2.05, 4.69) is 19.2 Å². The number of nitrogens with one attached hydrogen (secondary N) is 1. The van der Waals surface area contributed by atoms with Crippen LogP contribution in [-0.2, 0) is 0 Å². The Labute approximate surface area is 126 Å². The van der Waals surface area contributed by atoms with Gasteiger partial charge in [-0.3, -0.25) is 0 Å². The fraction of sp³-hybridized carbons (Fsp3) is 0.625. The van der Waals surface area contributed by atoms with Crippen LogP contribution in [0.1, 0.15) is 33.1 Å². The first-order valence-electron chi connectivity index (χ1n) is 7.21. The topological polar surface area (TPSA) is 30.5 Å². The smallest absolute Gasteiger partial charge is 0.145 e. The van der Waals surface area contributed by atoms with Crippen molar-refractivity contribution in [2.45, 2.75) is 39.2 Å². The Morgan fingerprint density at radius 2 is 1.60 bits per heavy atom. The average Bonchev–Trinajstić information content (AvgIpc) is 2.38. The lowest BCUT2D eigenvalue weighted by atomic mass is 9.80. The Bertz CT molecular complexity index is 454. The molecule has 2 unspecified atom stereocenters. The van der Waals surface area contributed by atoms with Crippen molar-refractivity contribution in [2.24, 2.45) is 11.8 Å². The standard InChI is InChI=1S/C16H24ClNO2/c1-10-5-11(2)7-12(6-10)18-14-8-13(17)15(19-3)9-16(14)20-4/h8-12,18H,5-7H2,1-4H3. The van der Waals surface area contributed by atoms with Gasteiger partial charge in [0.05, 0.1) is 24.9 Å². The number of methoxy groups -OCH3 is 2. The molecule has 0 aromatic heterocycles. The van der Waals surface area contributed by atoms with E-state index in [1.54, 1.807) is 14.2 Å². The van der Waals surface area contributed by atoms with Gasteiger partial charge in [0, 0.05) is 12.1 Å². The molecule has 2 rings (SSSR count). The Morgan fingerprint density at radius 3 is 2.15 bits per heavy atom. The van der Waals surface area contributed by atoms with Crippen LogP contribution in [0.25, 0.3) is 0 Å². The Balaban J connectivity index is 2.17. The van der Waals surface area contributed by atoms with E-state index in [4.69, 9.17) is 21.1 Å².